The number of rotatable bonds is 4. The Morgan fingerprint density at radius 1 is 1.47 bits per heavy atom. The fourth-order valence-electron chi connectivity index (χ4n) is 1.72. The second-order valence-corrected chi connectivity index (χ2v) is 5.11. The van der Waals surface area contributed by atoms with Crippen molar-refractivity contribution < 1.29 is 9.59 Å². The molecule has 2 amide bonds. The maximum absolute atomic E-state index is 12.2. The monoisotopic (exact) mass is 281 g/mol. The molecule has 0 radical (unpaired) electrons. The summed E-state index contributed by atoms with van der Waals surface area (Å²) in [5, 5.41) is 3.16. The zero-order valence-electron chi connectivity index (χ0n) is 10.6. The Morgan fingerprint density at radius 3 is 2.79 bits per heavy atom. The molecule has 0 aliphatic heterocycles. The Hall–Kier alpha value is -1.75. The molecule has 3 N–H and O–H groups in total. The molecule has 1 saturated carbocycles. The number of carbonyl (C=O) groups excluding carboxylic acids is 2. The molecule has 1 fully saturated rings. The number of benzene rings is 1. The normalized spacial score (nSPS) is 14.0. The van der Waals surface area contributed by atoms with Crippen LogP contribution in [0.5, 0.6) is 0 Å². The number of hydrogen-bond acceptors (Lipinski definition) is 3. The zero-order valence-corrected chi connectivity index (χ0v) is 11.4. The van der Waals surface area contributed by atoms with Crippen molar-refractivity contribution >= 4 is 29.1 Å². The number of amides is 2. The van der Waals surface area contributed by atoms with E-state index >= 15 is 0 Å². The third-order valence-electron chi connectivity index (χ3n) is 2.95. The number of halogens is 1. The van der Waals surface area contributed by atoms with E-state index in [2.05, 4.69) is 5.32 Å². The first-order valence-corrected chi connectivity index (χ1v) is 6.45. The number of nitrogen functional groups attached to an aromatic ring is 1. The van der Waals surface area contributed by atoms with Gasteiger partial charge in [-0.1, -0.05) is 17.7 Å². The Morgan fingerprint density at radius 2 is 2.16 bits per heavy atom. The van der Waals surface area contributed by atoms with Crippen molar-refractivity contribution in [2.75, 3.05) is 19.3 Å². The van der Waals surface area contributed by atoms with Gasteiger partial charge in [-0.25, -0.2) is 0 Å². The first-order valence-electron chi connectivity index (χ1n) is 6.08. The second-order valence-electron chi connectivity index (χ2n) is 4.70. The van der Waals surface area contributed by atoms with Gasteiger partial charge in [0.2, 0.25) is 5.91 Å². The minimum absolute atomic E-state index is 0.0152. The lowest BCUT2D eigenvalue weighted by atomic mass is 10.1. The molecule has 6 heteroatoms. The van der Waals surface area contributed by atoms with Gasteiger partial charge in [0.25, 0.3) is 5.91 Å². The summed E-state index contributed by atoms with van der Waals surface area (Å²) < 4.78 is 0. The molecule has 102 valence electrons. The number of nitrogens with zero attached hydrogens (tertiary/aromatic N) is 1. The van der Waals surface area contributed by atoms with Crippen LogP contribution in [0.25, 0.3) is 0 Å². The third-order valence-corrected chi connectivity index (χ3v) is 3.28. The number of likely N-dealkylation sites (N-methyl/N-ethyl adjacent to an activating group) is 1. The first-order chi connectivity index (χ1) is 8.99. The molecule has 1 aromatic carbocycles. The van der Waals surface area contributed by atoms with Crippen molar-refractivity contribution in [1.29, 1.82) is 0 Å². The average molecular weight is 282 g/mol. The number of para-hydroxylation sites is 1. The van der Waals surface area contributed by atoms with Crippen molar-refractivity contribution in [3.8, 4) is 0 Å². The third kappa shape index (κ3) is 3.38. The molecule has 5 nitrogen and oxygen atoms in total. The predicted octanol–water partition coefficient (Wildman–Crippen LogP) is 1.27. The topological polar surface area (TPSA) is 75.4 Å². The molecular weight excluding hydrogens is 266 g/mol. The van der Waals surface area contributed by atoms with Gasteiger partial charge >= 0.3 is 0 Å². The molecule has 1 aliphatic carbocycles. The fraction of sp³-hybridized carbons (Fsp3) is 0.385. The number of carbonyl (C=O) groups is 2. The van der Waals surface area contributed by atoms with Crippen molar-refractivity contribution in [2.45, 2.75) is 18.9 Å². The highest BCUT2D eigenvalue weighted by atomic mass is 35.5. The molecule has 0 saturated heterocycles. The maximum atomic E-state index is 12.2. The summed E-state index contributed by atoms with van der Waals surface area (Å²) in [6.07, 6.45) is 2.04. The van der Waals surface area contributed by atoms with Crippen LogP contribution in [0.15, 0.2) is 18.2 Å². The number of hydrogen-bond donors (Lipinski definition) is 2. The largest absolute Gasteiger partial charge is 0.397 e. The highest BCUT2D eigenvalue weighted by molar-refractivity contribution is 6.33. The smallest absolute Gasteiger partial charge is 0.256 e. The molecule has 0 bridgehead atoms. The van der Waals surface area contributed by atoms with Gasteiger partial charge in [-0.05, 0) is 25.0 Å². The van der Waals surface area contributed by atoms with E-state index in [1.54, 1.807) is 25.2 Å². The molecule has 0 spiro atoms. The SMILES string of the molecule is CN(CC(=O)NC1CC1)C(=O)c1cccc(Cl)c1N. The molecule has 2 rings (SSSR count). The highest BCUT2D eigenvalue weighted by Gasteiger charge is 2.25. The maximum Gasteiger partial charge on any atom is 0.256 e. The zero-order chi connectivity index (χ0) is 14.0. The van der Waals surface area contributed by atoms with Gasteiger partial charge < -0.3 is 16.0 Å². The Kier molecular flexibility index (Phi) is 3.95. The van der Waals surface area contributed by atoms with Crippen LogP contribution in [0.2, 0.25) is 5.02 Å². The number of nitrogens with one attached hydrogen (secondary N) is 1. The Balaban J connectivity index is 2.01. The molecule has 0 unspecified atom stereocenters. The summed E-state index contributed by atoms with van der Waals surface area (Å²) in [4.78, 5) is 25.1. The lowest BCUT2D eigenvalue weighted by Crippen LogP contribution is -2.39. The summed E-state index contributed by atoms with van der Waals surface area (Å²) >= 11 is 5.87. The van der Waals surface area contributed by atoms with Gasteiger partial charge in [-0.3, -0.25) is 9.59 Å². The first kappa shape index (κ1) is 13.7. The Labute approximate surface area is 116 Å². The van der Waals surface area contributed by atoms with E-state index in [0.717, 1.165) is 12.8 Å². The predicted molar refractivity (Wildman–Crippen MR) is 74.0 cm³/mol. The van der Waals surface area contributed by atoms with Crippen molar-refractivity contribution in [3.63, 3.8) is 0 Å². The summed E-state index contributed by atoms with van der Waals surface area (Å²) in [5.41, 5.74) is 6.32. The standard InChI is InChI=1S/C13H16ClN3O2/c1-17(7-11(18)16-8-5-6-8)13(19)9-3-2-4-10(14)12(9)15/h2-4,8H,5-7,15H2,1H3,(H,16,18). The minimum atomic E-state index is -0.314. The van der Waals surface area contributed by atoms with Crippen molar-refractivity contribution in [3.05, 3.63) is 28.8 Å². The second kappa shape index (κ2) is 5.48. The van der Waals surface area contributed by atoms with Crippen LogP contribution < -0.4 is 11.1 Å². The van der Waals surface area contributed by atoms with E-state index < -0.39 is 0 Å². The molecule has 0 atom stereocenters. The van der Waals surface area contributed by atoms with Gasteiger partial charge in [-0.15, -0.1) is 0 Å². The van der Waals surface area contributed by atoms with Crippen LogP contribution in [0.4, 0.5) is 5.69 Å². The fourth-order valence-corrected chi connectivity index (χ4v) is 1.89. The van der Waals surface area contributed by atoms with Gasteiger partial charge in [0.1, 0.15) is 0 Å². The molecule has 1 aliphatic rings. The Bertz CT molecular complexity index is 515. The van der Waals surface area contributed by atoms with Crippen molar-refractivity contribution in [2.24, 2.45) is 0 Å². The lowest BCUT2D eigenvalue weighted by Gasteiger charge is -2.18. The molecule has 1 aromatic rings. The lowest BCUT2D eigenvalue weighted by molar-refractivity contribution is -0.121. The summed E-state index contributed by atoms with van der Waals surface area (Å²) in [6.45, 7) is 0.0152. The molecule has 0 heterocycles. The molecule has 19 heavy (non-hydrogen) atoms. The van der Waals surface area contributed by atoms with Crippen LogP contribution >= 0.6 is 11.6 Å². The van der Waals surface area contributed by atoms with E-state index in [1.165, 1.54) is 4.90 Å². The molecule has 0 aromatic heterocycles. The van der Waals surface area contributed by atoms with Crippen LogP contribution in [0.3, 0.4) is 0 Å². The number of nitrogens with two attached hydrogens (primary N) is 1. The number of anilines is 1. The van der Waals surface area contributed by atoms with E-state index in [4.69, 9.17) is 17.3 Å². The molecular formula is C13H16ClN3O2. The van der Waals surface area contributed by atoms with Crippen LogP contribution in [-0.2, 0) is 4.79 Å². The van der Waals surface area contributed by atoms with Gasteiger partial charge in [-0.2, -0.15) is 0 Å². The average Bonchev–Trinajstić information content (AvgIpc) is 3.15. The highest BCUT2D eigenvalue weighted by Crippen LogP contribution is 2.23. The van der Waals surface area contributed by atoms with Gasteiger partial charge in [0, 0.05) is 13.1 Å². The van der Waals surface area contributed by atoms with E-state index in [0.29, 0.717) is 10.6 Å². The minimum Gasteiger partial charge on any atom is -0.397 e. The van der Waals surface area contributed by atoms with Gasteiger partial charge in [0.05, 0.1) is 22.8 Å². The summed E-state index contributed by atoms with van der Waals surface area (Å²) in [6, 6.07) is 5.16. The van der Waals surface area contributed by atoms with Crippen LogP contribution in [0.1, 0.15) is 23.2 Å². The van der Waals surface area contributed by atoms with Gasteiger partial charge in [0.15, 0.2) is 0 Å². The van der Waals surface area contributed by atoms with Crippen molar-refractivity contribution in [1.82, 2.24) is 10.2 Å². The van der Waals surface area contributed by atoms with E-state index in [1.807, 2.05) is 0 Å². The quantitative estimate of drug-likeness (QED) is 0.816. The van der Waals surface area contributed by atoms with E-state index in [-0.39, 0.29) is 30.1 Å². The summed E-state index contributed by atoms with van der Waals surface area (Å²) in [5.74, 6) is -0.468. The summed E-state index contributed by atoms with van der Waals surface area (Å²) in [7, 11) is 1.56. The van der Waals surface area contributed by atoms with Crippen LogP contribution in [0, 0.1) is 0 Å². The van der Waals surface area contributed by atoms with Crippen LogP contribution in [-0.4, -0.2) is 36.3 Å². The van der Waals surface area contributed by atoms with E-state index in [9.17, 15) is 9.59 Å².